The van der Waals surface area contributed by atoms with Gasteiger partial charge in [-0.05, 0) is 31.7 Å². The van der Waals surface area contributed by atoms with Crippen LogP contribution >= 0.6 is 11.6 Å². The second-order valence-electron chi connectivity index (χ2n) is 8.83. The lowest BCUT2D eigenvalue weighted by Crippen LogP contribution is -2.36. The van der Waals surface area contributed by atoms with Crippen LogP contribution in [0.5, 0.6) is 11.5 Å². The van der Waals surface area contributed by atoms with Crippen LogP contribution in [0.1, 0.15) is 43.1 Å². The number of phenols is 2. The Hall–Kier alpha value is -3.08. The molecule has 1 fully saturated rings. The molecule has 0 unspecified atom stereocenters. The molecule has 2 aliphatic heterocycles. The summed E-state index contributed by atoms with van der Waals surface area (Å²) in [5.74, 6) is -1.99. The van der Waals surface area contributed by atoms with Crippen molar-refractivity contribution in [3.63, 3.8) is 0 Å². The average Bonchev–Trinajstić information content (AvgIpc) is 3.58. The highest BCUT2D eigenvalue weighted by atomic mass is 35.5. The Labute approximate surface area is 221 Å². The molecule has 3 N–H and O–H groups in total. The smallest absolute Gasteiger partial charge is 0.342 e. The third-order valence-corrected chi connectivity index (χ3v) is 6.52. The number of hydrogen-bond donors (Lipinski definition) is 3. The number of rotatable bonds is 8. The van der Waals surface area contributed by atoms with Crippen molar-refractivity contribution >= 4 is 29.2 Å². The fraction of sp³-hybridized carbons (Fsp3) is 0.500. The summed E-state index contributed by atoms with van der Waals surface area (Å²) >= 11 is 6.33. The molecular weight excluding hydrogens is 502 g/mol. The summed E-state index contributed by atoms with van der Waals surface area (Å²) in [5, 5.41) is 27.4. The van der Waals surface area contributed by atoms with Gasteiger partial charge in [0.05, 0.1) is 16.8 Å². The molecule has 202 valence electrons. The maximum atomic E-state index is 13.0. The second-order valence-corrected chi connectivity index (χ2v) is 9.20. The normalized spacial score (nSPS) is 24.4. The number of cyclic esters (lactones) is 1. The number of nitrogens with one attached hydrogen (secondary N) is 1. The van der Waals surface area contributed by atoms with E-state index in [1.54, 1.807) is 25.2 Å². The summed E-state index contributed by atoms with van der Waals surface area (Å²) in [6.07, 6.45) is 6.77. The van der Waals surface area contributed by atoms with Gasteiger partial charge in [0.15, 0.2) is 6.61 Å². The lowest BCUT2D eigenvalue weighted by Gasteiger charge is -2.18. The third-order valence-electron chi connectivity index (χ3n) is 6.10. The molecule has 0 bridgehead atoms. The number of allylic oxidation sites excluding steroid dienone is 3. The van der Waals surface area contributed by atoms with E-state index in [2.05, 4.69) is 29.2 Å². The first-order chi connectivity index (χ1) is 17.7. The molecule has 3 rings (SSSR count). The Morgan fingerprint density at radius 3 is 2.76 bits per heavy atom. The fourth-order valence-electron chi connectivity index (χ4n) is 3.97. The van der Waals surface area contributed by atoms with E-state index in [4.69, 9.17) is 25.9 Å². The number of nitrogens with zero attached hydrogens (tertiary/aromatic N) is 2. The summed E-state index contributed by atoms with van der Waals surface area (Å²) in [4.78, 5) is 32.6. The second kappa shape index (κ2) is 13.5. The molecule has 0 spiro atoms. The quantitative estimate of drug-likeness (QED) is 0.263. The van der Waals surface area contributed by atoms with Gasteiger partial charge in [0.2, 0.25) is 0 Å². The summed E-state index contributed by atoms with van der Waals surface area (Å²) in [6.45, 7) is 8.54. The fourth-order valence-corrected chi connectivity index (χ4v) is 4.19. The Balaban J connectivity index is 1.80. The predicted octanol–water partition coefficient (Wildman–Crippen LogP) is 2.95. The number of fused-ring (bicyclic) bond motifs is 2. The van der Waals surface area contributed by atoms with Crippen LogP contribution in [0, 0.1) is 0 Å². The molecule has 1 aromatic carbocycles. The van der Waals surface area contributed by atoms with E-state index in [0.717, 1.165) is 25.7 Å². The molecule has 0 saturated carbocycles. The number of carbonyl (C=O) groups excluding carboxylic acids is 2. The van der Waals surface area contributed by atoms with Crippen LogP contribution in [0.2, 0.25) is 5.02 Å². The van der Waals surface area contributed by atoms with Gasteiger partial charge in [-0.2, -0.15) is 0 Å². The zero-order chi connectivity index (χ0) is 26.9. The SMILES string of the molecule is CCN(CC)CCNC(=O)CO\N=C1/C=C/C=C/[C@H]2O[C@@H]2C[C@@H](C)OC(=O)c2c(O)cc(O)c(Cl)c2C1. The van der Waals surface area contributed by atoms with Crippen molar-refractivity contribution in [2.24, 2.45) is 5.16 Å². The van der Waals surface area contributed by atoms with Crippen molar-refractivity contribution in [3.8, 4) is 11.5 Å². The monoisotopic (exact) mass is 535 g/mol. The standard InChI is InChI=1S/C26H34ClN3O7/c1-4-30(5-2)11-10-28-23(33)15-35-29-17-8-6-7-9-21-22(37-21)12-16(3)36-26(34)24-18(13-17)25(27)20(32)14-19(24)31/h6-9,14,16,21-22,31-32H,4-5,10-13,15H2,1-3H3,(H,28,33)/b8-6+,9-7+,29-17+/t16-,21-,22-/m1/s1. The number of benzene rings is 1. The number of amides is 1. The lowest BCUT2D eigenvalue weighted by atomic mass is 9.99. The number of epoxide rings is 1. The summed E-state index contributed by atoms with van der Waals surface area (Å²) in [5.41, 5.74) is 0.235. The van der Waals surface area contributed by atoms with Gasteiger partial charge in [-0.15, -0.1) is 0 Å². The van der Waals surface area contributed by atoms with Gasteiger partial charge in [0, 0.05) is 32.0 Å². The number of oxime groups is 1. The Morgan fingerprint density at radius 2 is 2.03 bits per heavy atom. The number of hydrogen-bond acceptors (Lipinski definition) is 9. The highest BCUT2D eigenvalue weighted by Crippen LogP contribution is 2.38. The number of carbonyl (C=O) groups is 2. The predicted molar refractivity (Wildman–Crippen MR) is 139 cm³/mol. The van der Waals surface area contributed by atoms with Gasteiger partial charge in [-0.3, -0.25) is 4.79 Å². The van der Waals surface area contributed by atoms with Gasteiger partial charge in [0.1, 0.15) is 29.3 Å². The first-order valence-electron chi connectivity index (χ1n) is 12.4. The third kappa shape index (κ3) is 8.21. The first-order valence-corrected chi connectivity index (χ1v) is 12.7. The minimum atomic E-state index is -0.788. The molecule has 2 heterocycles. The molecule has 0 aliphatic carbocycles. The molecule has 3 atom stereocenters. The van der Waals surface area contributed by atoms with Crippen molar-refractivity contribution in [3.05, 3.63) is 46.5 Å². The largest absolute Gasteiger partial charge is 0.507 e. The molecule has 2 aliphatic rings. The molecule has 37 heavy (non-hydrogen) atoms. The van der Waals surface area contributed by atoms with E-state index >= 15 is 0 Å². The van der Waals surface area contributed by atoms with Gasteiger partial charge >= 0.3 is 5.97 Å². The number of phenolic OH excluding ortho intramolecular Hbond substituents is 2. The highest BCUT2D eigenvalue weighted by Gasteiger charge is 2.38. The van der Waals surface area contributed by atoms with Gasteiger partial charge in [-0.25, -0.2) is 4.79 Å². The van der Waals surface area contributed by atoms with Crippen LogP contribution in [0.15, 0.2) is 35.5 Å². The van der Waals surface area contributed by atoms with Crippen LogP contribution in [0.25, 0.3) is 0 Å². The van der Waals surface area contributed by atoms with E-state index in [-0.39, 0.29) is 47.3 Å². The number of aromatic hydroxyl groups is 2. The average molecular weight is 536 g/mol. The molecule has 1 aromatic rings. The van der Waals surface area contributed by atoms with Crippen molar-refractivity contribution in [1.82, 2.24) is 10.2 Å². The molecule has 1 saturated heterocycles. The molecule has 1 amide bonds. The topological polar surface area (TPSA) is 133 Å². The van der Waals surface area contributed by atoms with Crippen molar-refractivity contribution < 1.29 is 34.1 Å². The lowest BCUT2D eigenvalue weighted by molar-refractivity contribution is -0.125. The maximum Gasteiger partial charge on any atom is 0.342 e. The van der Waals surface area contributed by atoms with E-state index in [1.807, 2.05) is 6.08 Å². The van der Waals surface area contributed by atoms with Crippen LogP contribution in [-0.2, 0) is 25.5 Å². The maximum absolute atomic E-state index is 13.0. The van der Waals surface area contributed by atoms with Crippen LogP contribution in [-0.4, -0.2) is 83.8 Å². The summed E-state index contributed by atoms with van der Waals surface area (Å²) < 4.78 is 11.1. The molecule has 10 nitrogen and oxygen atoms in total. The van der Waals surface area contributed by atoms with Crippen LogP contribution in [0.4, 0.5) is 0 Å². The number of halogens is 1. The van der Waals surface area contributed by atoms with Gasteiger partial charge in [0.25, 0.3) is 5.91 Å². The minimum absolute atomic E-state index is 0.0800. The minimum Gasteiger partial charge on any atom is -0.507 e. The first kappa shape index (κ1) is 28.5. The Bertz CT molecular complexity index is 1070. The number of likely N-dealkylation sites (N-methyl/N-ethyl adjacent to an activating group) is 1. The molecule has 0 aromatic heterocycles. The Kier molecular flexibility index (Phi) is 10.4. The molecule has 11 heteroatoms. The van der Waals surface area contributed by atoms with Crippen LogP contribution in [0.3, 0.4) is 0 Å². The number of esters is 1. The molecular formula is C26H34ClN3O7. The van der Waals surface area contributed by atoms with E-state index in [1.165, 1.54) is 0 Å². The summed E-state index contributed by atoms with van der Waals surface area (Å²) in [6, 6.07) is 0.991. The van der Waals surface area contributed by atoms with Gasteiger partial charge < -0.3 is 34.7 Å². The zero-order valence-electron chi connectivity index (χ0n) is 21.3. The zero-order valence-corrected chi connectivity index (χ0v) is 22.0. The van der Waals surface area contributed by atoms with Crippen molar-refractivity contribution in [2.45, 2.75) is 51.9 Å². The van der Waals surface area contributed by atoms with Crippen molar-refractivity contribution in [1.29, 1.82) is 0 Å². The van der Waals surface area contributed by atoms with Gasteiger partial charge in [-0.1, -0.05) is 48.8 Å². The number of ether oxygens (including phenoxy) is 2. The van der Waals surface area contributed by atoms with E-state index in [0.29, 0.717) is 18.7 Å². The van der Waals surface area contributed by atoms with E-state index < -0.39 is 23.6 Å². The molecule has 0 radical (unpaired) electrons. The Morgan fingerprint density at radius 1 is 1.27 bits per heavy atom. The van der Waals surface area contributed by atoms with Crippen molar-refractivity contribution in [2.75, 3.05) is 32.8 Å². The van der Waals surface area contributed by atoms with Crippen LogP contribution < -0.4 is 5.32 Å². The van der Waals surface area contributed by atoms with E-state index in [9.17, 15) is 19.8 Å². The summed E-state index contributed by atoms with van der Waals surface area (Å²) in [7, 11) is 0. The highest BCUT2D eigenvalue weighted by molar-refractivity contribution is 6.33.